The van der Waals surface area contributed by atoms with Gasteiger partial charge in [-0.15, -0.1) is 0 Å². The van der Waals surface area contributed by atoms with Crippen molar-refractivity contribution in [3.8, 4) is 0 Å². The molecule has 0 bridgehead atoms. The van der Waals surface area contributed by atoms with Crippen molar-refractivity contribution in [3.63, 3.8) is 0 Å². The van der Waals surface area contributed by atoms with Crippen molar-refractivity contribution in [2.45, 2.75) is 19.8 Å². The fourth-order valence-electron chi connectivity index (χ4n) is 1.41. The number of benzene rings is 1. The minimum Gasteiger partial charge on any atom is -0.0937 e. The highest BCUT2D eigenvalue weighted by Gasteiger charge is 2.12. The fourth-order valence-corrected chi connectivity index (χ4v) is 1.41. The van der Waals surface area contributed by atoms with Gasteiger partial charge < -0.3 is 0 Å². The van der Waals surface area contributed by atoms with Crippen LogP contribution < -0.4 is 0 Å². The molecule has 0 aromatic heterocycles. The zero-order valence-corrected chi connectivity index (χ0v) is 8.59. The van der Waals surface area contributed by atoms with Crippen molar-refractivity contribution in [3.05, 3.63) is 46.3 Å². The summed E-state index contributed by atoms with van der Waals surface area (Å²) in [5, 5.41) is 3.60. The van der Waals surface area contributed by atoms with Gasteiger partial charge in [0.2, 0.25) is 0 Å². The summed E-state index contributed by atoms with van der Waals surface area (Å²) in [4.78, 5) is 2.78. The molecule has 14 heavy (non-hydrogen) atoms. The van der Waals surface area contributed by atoms with Crippen molar-refractivity contribution in [1.29, 1.82) is 0 Å². The summed E-state index contributed by atoms with van der Waals surface area (Å²) in [6.45, 7) is 4.83. The zero-order valence-electron chi connectivity index (χ0n) is 8.59. The van der Waals surface area contributed by atoms with E-state index in [4.69, 9.17) is 5.53 Å². The first kappa shape index (κ1) is 10.6. The third-order valence-electron chi connectivity index (χ3n) is 2.61. The summed E-state index contributed by atoms with van der Waals surface area (Å²) in [7, 11) is 0. The Bertz CT molecular complexity index is 315. The Hall–Kier alpha value is -1.47. The molecule has 0 N–H and O–H groups in total. The van der Waals surface area contributed by atoms with Gasteiger partial charge in [-0.3, -0.25) is 0 Å². The van der Waals surface area contributed by atoms with Crippen molar-refractivity contribution in [2.24, 2.45) is 11.0 Å². The van der Waals surface area contributed by atoms with Gasteiger partial charge in [0.25, 0.3) is 0 Å². The van der Waals surface area contributed by atoms with Crippen molar-refractivity contribution in [1.82, 2.24) is 0 Å². The Morgan fingerprint density at radius 3 is 2.50 bits per heavy atom. The lowest BCUT2D eigenvalue weighted by Gasteiger charge is -2.17. The van der Waals surface area contributed by atoms with Gasteiger partial charge in [-0.25, -0.2) is 0 Å². The lowest BCUT2D eigenvalue weighted by molar-refractivity contribution is 0.498. The molecule has 0 aliphatic heterocycles. The SMILES string of the molecule is CC(CN=[N+]=[N-])C(C)c1ccccc1. The van der Waals surface area contributed by atoms with Crippen LogP contribution in [0.25, 0.3) is 10.4 Å². The summed E-state index contributed by atoms with van der Waals surface area (Å²) in [5.74, 6) is 0.815. The largest absolute Gasteiger partial charge is 0.0937 e. The van der Waals surface area contributed by atoms with E-state index in [1.165, 1.54) is 5.56 Å². The van der Waals surface area contributed by atoms with Crippen LogP contribution in [0.4, 0.5) is 0 Å². The molecule has 0 radical (unpaired) electrons. The van der Waals surface area contributed by atoms with Crippen LogP contribution in [0.5, 0.6) is 0 Å². The monoisotopic (exact) mass is 189 g/mol. The molecule has 2 atom stereocenters. The molecule has 1 aromatic rings. The number of hydrogen-bond acceptors (Lipinski definition) is 1. The lowest BCUT2D eigenvalue weighted by atomic mass is 9.89. The summed E-state index contributed by atoms with van der Waals surface area (Å²) in [6, 6.07) is 10.3. The van der Waals surface area contributed by atoms with Crippen LogP contribution in [-0.4, -0.2) is 6.54 Å². The zero-order chi connectivity index (χ0) is 10.4. The molecule has 3 heteroatoms. The van der Waals surface area contributed by atoms with E-state index in [2.05, 4.69) is 36.0 Å². The molecule has 3 nitrogen and oxygen atoms in total. The minimum atomic E-state index is 0.383. The highest BCUT2D eigenvalue weighted by molar-refractivity contribution is 5.19. The van der Waals surface area contributed by atoms with Crippen LogP contribution in [0, 0.1) is 5.92 Å². The average molecular weight is 189 g/mol. The van der Waals surface area contributed by atoms with Gasteiger partial charge in [0.05, 0.1) is 0 Å². The predicted octanol–water partition coefficient (Wildman–Crippen LogP) is 3.74. The van der Waals surface area contributed by atoms with Crippen LogP contribution in [-0.2, 0) is 0 Å². The van der Waals surface area contributed by atoms with Crippen LogP contribution >= 0.6 is 0 Å². The molecular weight excluding hydrogens is 174 g/mol. The van der Waals surface area contributed by atoms with E-state index >= 15 is 0 Å². The molecular formula is C11H15N3. The number of rotatable bonds is 4. The molecule has 0 amide bonds. The van der Waals surface area contributed by atoms with E-state index in [0.29, 0.717) is 18.4 Å². The molecule has 0 aliphatic rings. The Balaban J connectivity index is 2.65. The van der Waals surface area contributed by atoms with Crippen molar-refractivity contribution < 1.29 is 0 Å². The Kier molecular flexibility index (Phi) is 4.02. The van der Waals surface area contributed by atoms with Crippen molar-refractivity contribution in [2.75, 3.05) is 6.54 Å². The molecule has 74 valence electrons. The van der Waals surface area contributed by atoms with Gasteiger partial charge in [0, 0.05) is 11.5 Å². The Morgan fingerprint density at radius 1 is 1.29 bits per heavy atom. The van der Waals surface area contributed by atoms with Crippen LogP contribution in [0.3, 0.4) is 0 Å². The van der Waals surface area contributed by atoms with E-state index in [9.17, 15) is 0 Å². The van der Waals surface area contributed by atoms with Gasteiger partial charge in [0.15, 0.2) is 0 Å². The molecule has 2 unspecified atom stereocenters. The topological polar surface area (TPSA) is 48.8 Å². The first-order chi connectivity index (χ1) is 6.75. The maximum atomic E-state index is 8.23. The predicted molar refractivity (Wildman–Crippen MR) is 58.0 cm³/mol. The van der Waals surface area contributed by atoms with E-state index in [0.717, 1.165) is 0 Å². The number of hydrogen-bond donors (Lipinski definition) is 0. The summed E-state index contributed by atoms with van der Waals surface area (Å²) in [5.41, 5.74) is 9.53. The quantitative estimate of drug-likeness (QED) is 0.393. The first-order valence-electron chi connectivity index (χ1n) is 4.81. The Morgan fingerprint density at radius 2 is 1.93 bits per heavy atom. The summed E-state index contributed by atoms with van der Waals surface area (Å²) in [6.07, 6.45) is 0. The minimum absolute atomic E-state index is 0.383. The molecule has 0 fully saturated rings. The van der Waals surface area contributed by atoms with Gasteiger partial charge in [-0.05, 0) is 22.9 Å². The molecule has 1 aromatic carbocycles. The third kappa shape index (κ3) is 2.79. The fraction of sp³-hybridized carbons (Fsp3) is 0.455. The highest BCUT2D eigenvalue weighted by atomic mass is 15.1. The molecule has 0 heterocycles. The van der Waals surface area contributed by atoms with Gasteiger partial charge >= 0.3 is 0 Å². The van der Waals surface area contributed by atoms with E-state index < -0.39 is 0 Å². The molecule has 0 spiro atoms. The molecule has 1 rings (SSSR count). The van der Waals surface area contributed by atoms with Gasteiger partial charge in [-0.2, -0.15) is 0 Å². The second kappa shape index (κ2) is 5.30. The average Bonchev–Trinajstić information content (AvgIpc) is 2.26. The maximum Gasteiger partial charge on any atom is 0.0289 e. The van der Waals surface area contributed by atoms with Crippen LogP contribution in [0.1, 0.15) is 25.3 Å². The van der Waals surface area contributed by atoms with Gasteiger partial charge in [-0.1, -0.05) is 49.3 Å². The normalized spacial score (nSPS) is 14.1. The Labute approximate surface area is 84.4 Å². The van der Waals surface area contributed by atoms with E-state index in [1.54, 1.807) is 0 Å². The maximum absolute atomic E-state index is 8.23. The van der Waals surface area contributed by atoms with Crippen LogP contribution in [0.15, 0.2) is 35.4 Å². The number of nitrogens with zero attached hydrogens (tertiary/aromatic N) is 3. The molecule has 0 saturated heterocycles. The molecule has 0 aliphatic carbocycles. The molecule has 0 saturated carbocycles. The second-order valence-corrected chi connectivity index (χ2v) is 3.59. The van der Waals surface area contributed by atoms with Crippen LogP contribution in [0.2, 0.25) is 0 Å². The highest BCUT2D eigenvalue weighted by Crippen LogP contribution is 2.23. The van der Waals surface area contributed by atoms with E-state index in [-0.39, 0.29) is 0 Å². The third-order valence-corrected chi connectivity index (χ3v) is 2.61. The smallest absolute Gasteiger partial charge is 0.0289 e. The first-order valence-corrected chi connectivity index (χ1v) is 4.81. The van der Waals surface area contributed by atoms with Gasteiger partial charge in [0.1, 0.15) is 0 Å². The summed E-state index contributed by atoms with van der Waals surface area (Å²) >= 11 is 0. The lowest BCUT2D eigenvalue weighted by Crippen LogP contribution is -2.08. The second-order valence-electron chi connectivity index (χ2n) is 3.59. The van der Waals surface area contributed by atoms with Crippen molar-refractivity contribution >= 4 is 0 Å². The van der Waals surface area contributed by atoms with E-state index in [1.807, 2.05) is 18.2 Å². The summed E-state index contributed by atoms with van der Waals surface area (Å²) < 4.78 is 0. The number of azide groups is 1. The standard InChI is InChI=1S/C11H15N3/c1-9(8-13-14-12)10(2)11-6-4-3-5-7-11/h3-7,9-10H,8H2,1-2H3.